The van der Waals surface area contributed by atoms with Gasteiger partial charge in [0.2, 0.25) is 0 Å². The van der Waals surface area contributed by atoms with Gasteiger partial charge in [-0.25, -0.2) is 0 Å². The van der Waals surface area contributed by atoms with Gasteiger partial charge in [-0.3, -0.25) is 4.79 Å². The first-order chi connectivity index (χ1) is 12.8. The van der Waals surface area contributed by atoms with Gasteiger partial charge in [-0.1, -0.05) is 37.8 Å². The molecule has 0 amide bonds. The average Bonchev–Trinajstić information content (AvgIpc) is 2.66. The van der Waals surface area contributed by atoms with Crippen LogP contribution in [0.15, 0.2) is 36.9 Å². The lowest BCUT2D eigenvalue weighted by Crippen LogP contribution is -2.55. The van der Waals surface area contributed by atoms with Crippen LogP contribution in [0.4, 0.5) is 0 Å². The second-order valence-corrected chi connectivity index (χ2v) is 13.4. The quantitative estimate of drug-likeness (QED) is 0.199. The number of benzene rings is 1. The zero-order valence-electron chi connectivity index (χ0n) is 16.6. The summed E-state index contributed by atoms with van der Waals surface area (Å²) in [5.41, 5.74) is -0.469. The maximum absolute atomic E-state index is 11.8. The Labute approximate surface area is 162 Å². The highest BCUT2D eigenvalue weighted by Crippen LogP contribution is 2.34. The Hall–Kier alpha value is -1.51. The predicted octanol–water partition coefficient (Wildman–Crippen LogP) is 3.56. The minimum absolute atomic E-state index is 0.00407. The normalized spacial score (nSPS) is 25.8. The molecule has 0 radical (unpaired) electrons. The highest BCUT2D eigenvalue weighted by atomic mass is 28.3. The highest BCUT2D eigenvalue weighted by Gasteiger charge is 2.46. The first-order valence-corrected chi connectivity index (χ1v) is 12.8. The lowest BCUT2D eigenvalue weighted by atomic mass is 9.97. The molecule has 1 fully saturated rings. The summed E-state index contributed by atoms with van der Waals surface area (Å²) < 4.78 is 28.3. The van der Waals surface area contributed by atoms with Crippen LogP contribution in [0, 0.1) is 0 Å². The predicted molar refractivity (Wildman–Crippen MR) is 106 cm³/mol. The van der Waals surface area contributed by atoms with Gasteiger partial charge in [0.1, 0.15) is 18.6 Å². The maximum Gasteiger partial charge on any atom is 0.184 e. The van der Waals surface area contributed by atoms with Crippen molar-refractivity contribution < 1.29 is 28.5 Å². The molecule has 1 aromatic carbocycles. The zero-order valence-corrected chi connectivity index (χ0v) is 17.6. The minimum atomic E-state index is -1.27. The van der Waals surface area contributed by atoms with Crippen molar-refractivity contribution in [1.82, 2.24) is 0 Å². The van der Waals surface area contributed by atoms with E-state index in [1.807, 2.05) is 24.3 Å². The molecule has 1 aliphatic rings. The van der Waals surface area contributed by atoms with Crippen LogP contribution in [0.5, 0.6) is 5.75 Å². The fraction of sp³-hybridized carbons (Fsp3) is 0.550. The summed E-state index contributed by atoms with van der Waals surface area (Å²) in [4.78, 5) is 11.8. The Bertz CT molecular complexity index is 629. The number of hydrogen-bond donors (Lipinski definition) is 0. The number of ether oxygens (including phenoxy) is 5. The van der Waals surface area contributed by atoms with Crippen molar-refractivity contribution in [3.8, 4) is 5.75 Å². The van der Waals surface area contributed by atoms with Crippen LogP contribution < -0.4 is 4.74 Å². The summed E-state index contributed by atoms with van der Waals surface area (Å²) in [5.74, 6) is 0.703. The van der Waals surface area contributed by atoms with Gasteiger partial charge in [-0.2, -0.15) is 0 Å². The smallest absolute Gasteiger partial charge is 0.184 e. The molecular formula is C20H30O6Si. The molecule has 27 heavy (non-hydrogen) atoms. The first kappa shape index (κ1) is 21.8. The van der Waals surface area contributed by atoms with Crippen molar-refractivity contribution in [3.63, 3.8) is 0 Å². The summed E-state index contributed by atoms with van der Waals surface area (Å²) in [6.45, 7) is 11.3. The van der Waals surface area contributed by atoms with Gasteiger partial charge in [-0.15, -0.1) is 6.58 Å². The fourth-order valence-corrected chi connectivity index (χ4v) is 3.40. The standard InChI is InChI=1S/C20H30O6Si/c1-6-18-20(13-21,25-15-23-10-11-27(3,4)5)14-24-19(26-18)16-8-7-9-17(12-16)22-2/h6-9,12-13,18-19H,1,10-11,14-15H2,2-5H3/t18-,19+,20+/m1/s1. The molecule has 1 aliphatic heterocycles. The lowest BCUT2D eigenvalue weighted by Gasteiger charge is -2.41. The van der Waals surface area contributed by atoms with Crippen molar-refractivity contribution in [2.24, 2.45) is 0 Å². The van der Waals surface area contributed by atoms with Gasteiger partial charge in [0.05, 0.1) is 13.7 Å². The van der Waals surface area contributed by atoms with Gasteiger partial charge in [-0.05, 0) is 18.2 Å². The van der Waals surface area contributed by atoms with Crippen molar-refractivity contribution in [2.75, 3.05) is 27.1 Å². The Kier molecular flexibility index (Phi) is 7.76. The van der Waals surface area contributed by atoms with E-state index >= 15 is 0 Å². The molecule has 2 rings (SSSR count). The third-order valence-electron chi connectivity index (χ3n) is 4.40. The van der Waals surface area contributed by atoms with Gasteiger partial charge >= 0.3 is 0 Å². The minimum Gasteiger partial charge on any atom is -0.497 e. The number of carbonyl (C=O) groups excluding carboxylic acids is 1. The summed E-state index contributed by atoms with van der Waals surface area (Å²) in [5, 5.41) is 0. The molecule has 1 aromatic rings. The molecule has 0 aliphatic carbocycles. The Morgan fingerprint density at radius 2 is 2.15 bits per heavy atom. The van der Waals surface area contributed by atoms with Crippen LogP contribution in [0.2, 0.25) is 25.7 Å². The molecule has 0 aromatic heterocycles. The molecule has 7 heteroatoms. The number of rotatable bonds is 10. The third kappa shape index (κ3) is 5.98. The van der Waals surface area contributed by atoms with E-state index in [1.165, 1.54) is 0 Å². The Morgan fingerprint density at radius 1 is 1.37 bits per heavy atom. The monoisotopic (exact) mass is 394 g/mol. The topological polar surface area (TPSA) is 63.2 Å². The summed E-state index contributed by atoms with van der Waals surface area (Å²) in [6, 6.07) is 8.43. The average molecular weight is 395 g/mol. The van der Waals surface area contributed by atoms with Crippen molar-refractivity contribution in [2.45, 2.75) is 43.7 Å². The molecular weight excluding hydrogens is 364 g/mol. The van der Waals surface area contributed by atoms with Crippen LogP contribution in [-0.4, -0.2) is 53.2 Å². The molecule has 1 heterocycles. The van der Waals surface area contributed by atoms with Crippen molar-refractivity contribution in [3.05, 3.63) is 42.5 Å². The van der Waals surface area contributed by atoms with E-state index in [9.17, 15) is 4.79 Å². The van der Waals surface area contributed by atoms with Crippen LogP contribution >= 0.6 is 0 Å². The fourth-order valence-electron chi connectivity index (χ4n) is 2.64. The molecule has 1 saturated heterocycles. The highest BCUT2D eigenvalue weighted by molar-refractivity contribution is 6.76. The largest absolute Gasteiger partial charge is 0.497 e. The maximum atomic E-state index is 11.8. The number of aldehydes is 1. The van der Waals surface area contributed by atoms with Crippen LogP contribution in [0.25, 0.3) is 0 Å². The molecule has 0 saturated carbocycles. The molecule has 6 nitrogen and oxygen atoms in total. The summed E-state index contributed by atoms with van der Waals surface area (Å²) in [7, 11) is 0.424. The van der Waals surface area contributed by atoms with E-state index in [1.54, 1.807) is 13.2 Å². The van der Waals surface area contributed by atoms with Gasteiger partial charge in [0.25, 0.3) is 0 Å². The molecule has 3 atom stereocenters. The molecule has 0 spiro atoms. The van der Waals surface area contributed by atoms with E-state index < -0.39 is 26.1 Å². The molecule has 0 N–H and O–H groups in total. The second kappa shape index (κ2) is 9.61. The number of hydrogen-bond acceptors (Lipinski definition) is 6. The number of methoxy groups -OCH3 is 1. The third-order valence-corrected chi connectivity index (χ3v) is 6.10. The molecule has 0 unspecified atom stereocenters. The Morgan fingerprint density at radius 3 is 2.78 bits per heavy atom. The molecule has 0 bridgehead atoms. The van der Waals surface area contributed by atoms with E-state index in [0.717, 1.165) is 11.6 Å². The van der Waals surface area contributed by atoms with E-state index in [2.05, 4.69) is 26.2 Å². The van der Waals surface area contributed by atoms with Crippen LogP contribution in [0.3, 0.4) is 0 Å². The van der Waals surface area contributed by atoms with Crippen molar-refractivity contribution >= 4 is 14.4 Å². The molecule has 150 valence electrons. The first-order valence-electron chi connectivity index (χ1n) is 9.05. The SMILES string of the molecule is C=C[C@H]1O[C@@H](c2cccc(OC)c2)OC[C@]1(C=O)OCOCC[Si](C)(C)C. The van der Waals surface area contributed by atoms with E-state index in [0.29, 0.717) is 18.6 Å². The van der Waals surface area contributed by atoms with Gasteiger partial charge < -0.3 is 23.7 Å². The summed E-state index contributed by atoms with van der Waals surface area (Å²) in [6.07, 6.45) is 0.989. The van der Waals surface area contributed by atoms with Crippen LogP contribution in [-0.2, 0) is 23.7 Å². The second-order valence-electron chi connectivity index (χ2n) is 7.77. The van der Waals surface area contributed by atoms with Crippen LogP contribution in [0.1, 0.15) is 11.9 Å². The van der Waals surface area contributed by atoms with Gasteiger partial charge in [0, 0.05) is 20.2 Å². The van der Waals surface area contributed by atoms with Gasteiger partial charge in [0.15, 0.2) is 18.2 Å². The number of carbonyl (C=O) groups is 1. The lowest BCUT2D eigenvalue weighted by molar-refractivity contribution is -0.292. The van der Waals surface area contributed by atoms with E-state index in [-0.39, 0.29) is 13.4 Å². The summed E-state index contributed by atoms with van der Waals surface area (Å²) >= 11 is 0. The van der Waals surface area contributed by atoms with Crippen molar-refractivity contribution in [1.29, 1.82) is 0 Å². The zero-order chi connectivity index (χ0) is 19.9. The Balaban J connectivity index is 1.98. The van der Waals surface area contributed by atoms with E-state index in [4.69, 9.17) is 23.7 Å².